The van der Waals surface area contributed by atoms with Crippen molar-refractivity contribution in [3.63, 3.8) is 0 Å². The Morgan fingerprint density at radius 2 is 0.788 bits per heavy atom. The second-order valence-electron chi connectivity index (χ2n) is 17.1. The molecule has 14 aromatic rings. The zero-order chi connectivity index (χ0) is 43.3. The number of para-hydroxylation sites is 1. The normalized spacial score (nSPS) is 11.9. The van der Waals surface area contributed by atoms with E-state index in [0.717, 1.165) is 50.3 Å². The van der Waals surface area contributed by atoms with Crippen molar-refractivity contribution in [1.82, 2.24) is 4.98 Å². The van der Waals surface area contributed by atoms with Crippen molar-refractivity contribution in [2.45, 2.75) is 0 Å². The number of anilines is 3. The van der Waals surface area contributed by atoms with E-state index in [9.17, 15) is 0 Å². The molecule has 3 nitrogen and oxygen atoms in total. The molecule has 0 fully saturated rings. The summed E-state index contributed by atoms with van der Waals surface area (Å²) >= 11 is 3.73. The van der Waals surface area contributed by atoms with E-state index in [4.69, 9.17) is 9.40 Å². The first kappa shape index (κ1) is 37.3. The molecule has 0 amide bonds. The molecule has 14 rings (SSSR count). The Bertz CT molecular complexity index is 4060. The zero-order valence-electron chi connectivity index (χ0n) is 35.4. The first-order chi connectivity index (χ1) is 32.6. The van der Waals surface area contributed by atoms with Crippen LogP contribution in [0, 0.1) is 0 Å². The number of thiophene rings is 2. The summed E-state index contributed by atoms with van der Waals surface area (Å²) < 4.78 is 11.5. The molecule has 5 heteroatoms. The molecule has 0 aliphatic rings. The fourth-order valence-electron chi connectivity index (χ4n) is 10.0. The minimum atomic E-state index is 0.840. The fourth-order valence-corrected chi connectivity index (χ4v) is 12.3. The van der Waals surface area contributed by atoms with E-state index in [0.29, 0.717) is 0 Å². The number of benzene rings is 10. The predicted molar refractivity (Wildman–Crippen MR) is 283 cm³/mol. The third-order valence-electron chi connectivity index (χ3n) is 13.3. The second-order valence-corrected chi connectivity index (χ2v) is 19.3. The van der Waals surface area contributed by atoms with E-state index in [1.54, 1.807) is 0 Å². The van der Waals surface area contributed by atoms with Gasteiger partial charge < -0.3 is 9.32 Å². The summed E-state index contributed by atoms with van der Waals surface area (Å²) in [5.41, 5.74) is 11.8. The summed E-state index contributed by atoms with van der Waals surface area (Å²) in [6.45, 7) is 0. The van der Waals surface area contributed by atoms with Crippen LogP contribution in [0.25, 0.3) is 117 Å². The van der Waals surface area contributed by atoms with Gasteiger partial charge in [0, 0.05) is 74.6 Å². The summed E-state index contributed by atoms with van der Waals surface area (Å²) in [6, 6.07) is 77.5. The van der Waals surface area contributed by atoms with Crippen molar-refractivity contribution in [3.05, 3.63) is 219 Å². The van der Waals surface area contributed by atoms with Gasteiger partial charge in [-0.05, 0) is 129 Å². The number of hydrogen-bond donors (Lipinski definition) is 0. The van der Waals surface area contributed by atoms with Gasteiger partial charge in [-0.15, -0.1) is 22.7 Å². The largest absolute Gasteiger partial charge is 0.456 e. The number of furan rings is 1. The maximum absolute atomic E-state index is 6.24. The first-order valence-corrected chi connectivity index (χ1v) is 23.9. The van der Waals surface area contributed by atoms with Gasteiger partial charge in [0.2, 0.25) is 0 Å². The number of rotatable bonds is 6. The van der Waals surface area contributed by atoms with Crippen molar-refractivity contribution < 1.29 is 4.42 Å². The van der Waals surface area contributed by atoms with Gasteiger partial charge in [-0.25, -0.2) is 0 Å². The molecule has 0 spiro atoms. The topological polar surface area (TPSA) is 29.3 Å². The van der Waals surface area contributed by atoms with Crippen LogP contribution in [-0.2, 0) is 0 Å². The molecule has 308 valence electrons. The molecule has 0 N–H and O–H groups in total. The fraction of sp³-hybridized carbons (Fsp3) is 0. The zero-order valence-corrected chi connectivity index (χ0v) is 37.0. The molecule has 0 saturated heterocycles. The standard InChI is InChI=1S/C61H36N2OS2/c1-4-10-54-53(9-1)60-55(64-54)29-30-62-61(60)37-17-23-46(24-18-37)63(47-25-19-40-31-38(13-15-42(40)33-47)44-21-27-51-49-7-2-5-11-56(49)65-58(51)35-44)48-26-20-41-32-39(14-16-43(41)34-48)45-22-28-52-50-8-3-6-12-57(50)66-59(52)36-45/h1-36H. The maximum Gasteiger partial charge on any atom is 0.139 e. The summed E-state index contributed by atoms with van der Waals surface area (Å²) in [4.78, 5) is 7.26. The number of nitrogens with zero attached hydrogens (tertiary/aromatic N) is 2. The van der Waals surface area contributed by atoms with Gasteiger partial charge in [0.05, 0.1) is 11.1 Å². The lowest BCUT2D eigenvalue weighted by Gasteiger charge is -2.26. The lowest BCUT2D eigenvalue weighted by molar-refractivity contribution is 0.668. The highest BCUT2D eigenvalue weighted by Crippen LogP contribution is 2.43. The van der Waals surface area contributed by atoms with Crippen molar-refractivity contribution in [1.29, 1.82) is 0 Å². The Morgan fingerprint density at radius 3 is 1.39 bits per heavy atom. The lowest BCUT2D eigenvalue weighted by Crippen LogP contribution is -2.10. The maximum atomic E-state index is 6.24. The second kappa shape index (κ2) is 14.7. The van der Waals surface area contributed by atoms with Gasteiger partial charge in [0.1, 0.15) is 11.2 Å². The summed E-state index contributed by atoms with van der Waals surface area (Å²) in [5, 5.41) is 12.2. The summed E-state index contributed by atoms with van der Waals surface area (Å²) in [7, 11) is 0. The van der Waals surface area contributed by atoms with E-state index < -0.39 is 0 Å². The van der Waals surface area contributed by atoms with E-state index in [-0.39, 0.29) is 0 Å². The minimum Gasteiger partial charge on any atom is -0.456 e. The number of aromatic nitrogens is 1. The van der Waals surface area contributed by atoms with Crippen LogP contribution in [0.1, 0.15) is 0 Å². The van der Waals surface area contributed by atoms with Crippen LogP contribution in [0.2, 0.25) is 0 Å². The Hall–Kier alpha value is -8.09. The van der Waals surface area contributed by atoms with Gasteiger partial charge in [-0.1, -0.05) is 127 Å². The third-order valence-corrected chi connectivity index (χ3v) is 15.5. The molecular weight excluding hydrogens is 841 g/mol. The van der Waals surface area contributed by atoms with Gasteiger partial charge in [-0.3, -0.25) is 4.98 Å². The number of hydrogen-bond acceptors (Lipinski definition) is 5. The van der Waals surface area contributed by atoms with E-state index in [1.165, 1.54) is 84.1 Å². The van der Waals surface area contributed by atoms with Crippen molar-refractivity contribution in [2.24, 2.45) is 0 Å². The van der Waals surface area contributed by atoms with Crippen molar-refractivity contribution >= 4 is 124 Å². The van der Waals surface area contributed by atoms with Crippen LogP contribution in [-0.4, -0.2) is 4.98 Å². The van der Waals surface area contributed by atoms with Gasteiger partial charge in [-0.2, -0.15) is 0 Å². The van der Waals surface area contributed by atoms with Gasteiger partial charge in [0.15, 0.2) is 0 Å². The molecule has 0 radical (unpaired) electrons. The number of pyridine rings is 1. The highest BCUT2D eigenvalue weighted by Gasteiger charge is 2.18. The molecule has 0 aliphatic carbocycles. The minimum absolute atomic E-state index is 0.840. The molecule has 0 unspecified atom stereocenters. The van der Waals surface area contributed by atoms with Crippen molar-refractivity contribution in [2.75, 3.05) is 4.90 Å². The third kappa shape index (κ3) is 6.05. The molecule has 0 aliphatic heterocycles. The van der Waals surface area contributed by atoms with Crippen LogP contribution < -0.4 is 4.90 Å². The van der Waals surface area contributed by atoms with Crippen LogP contribution in [0.5, 0.6) is 0 Å². The quantitative estimate of drug-likeness (QED) is 0.167. The Kier molecular flexibility index (Phi) is 8.32. The Labute approximate surface area is 387 Å². The monoisotopic (exact) mass is 876 g/mol. The van der Waals surface area contributed by atoms with E-state index in [1.807, 2.05) is 47.1 Å². The van der Waals surface area contributed by atoms with E-state index >= 15 is 0 Å². The SMILES string of the molecule is c1ccc2c(c1)oc1ccnc(-c3ccc(N(c4ccc5cc(-c6ccc7c(c6)sc6ccccc67)ccc5c4)c4ccc5cc(-c6ccc7c(c6)sc6ccccc67)ccc5c4)cc3)c12. The first-order valence-electron chi connectivity index (χ1n) is 22.2. The van der Waals surface area contributed by atoms with Gasteiger partial charge >= 0.3 is 0 Å². The molecule has 4 heterocycles. The molecule has 0 saturated carbocycles. The predicted octanol–water partition coefficient (Wildman–Crippen LogP) is 18.5. The van der Waals surface area contributed by atoms with Gasteiger partial charge in [0.25, 0.3) is 0 Å². The molecule has 10 aromatic carbocycles. The van der Waals surface area contributed by atoms with Crippen molar-refractivity contribution in [3.8, 4) is 33.5 Å². The van der Waals surface area contributed by atoms with Crippen LogP contribution in [0.15, 0.2) is 223 Å². The smallest absolute Gasteiger partial charge is 0.139 e. The number of fused-ring (bicyclic) bond motifs is 11. The average molecular weight is 877 g/mol. The molecule has 0 bridgehead atoms. The molecular formula is C61H36N2OS2. The van der Waals surface area contributed by atoms with Crippen LogP contribution in [0.4, 0.5) is 17.1 Å². The van der Waals surface area contributed by atoms with E-state index in [2.05, 4.69) is 199 Å². The molecule has 4 aromatic heterocycles. The molecule has 66 heavy (non-hydrogen) atoms. The molecule has 0 atom stereocenters. The highest BCUT2D eigenvalue weighted by atomic mass is 32.1. The average Bonchev–Trinajstić information content (AvgIpc) is 4.07. The Balaban J connectivity index is 0.858. The lowest BCUT2D eigenvalue weighted by atomic mass is 9.98. The highest BCUT2D eigenvalue weighted by molar-refractivity contribution is 7.26. The Morgan fingerprint density at radius 1 is 0.333 bits per heavy atom. The van der Waals surface area contributed by atoms with Crippen LogP contribution in [0.3, 0.4) is 0 Å². The summed E-state index contributed by atoms with van der Waals surface area (Å²) in [5.74, 6) is 0. The van der Waals surface area contributed by atoms with Crippen LogP contribution >= 0.6 is 22.7 Å². The summed E-state index contributed by atoms with van der Waals surface area (Å²) in [6.07, 6.45) is 1.84.